The molecule has 0 saturated heterocycles. The predicted octanol–water partition coefficient (Wildman–Crippen LogP) is 3.41. The molecule has 0 radical (unpaired) electrons. The molecular formula is C15H14F4N2. The molecule has 1 atom stereocenters. The zero-order valence-electron chi connectivity index (χ0n) is 11.5. The lowest BCUT2D eigenvalue weighted by Crippen LogP contribution is -2.31. The number of hydrogen-bond donors (Lipinski definition) is 2. The van der Waals surface area contributed by atoms with Crippen molar-refractivity contribution in [1.29, 1.82) is 0 Å². The summed E-state index contributed by atoms with van der Waals surface area (Å²) in [6.45, 7) is 3.30. The second-order valence-corrected chi connectivity index (χ2v) is 4.86. The molecular weight excluding hydrogens is 284 g/mol. The lowest BCUT2D eigenvalue weighted by atomic mass is 9.93. The summed E-state index contributed by atoms with van der Waals surface area (Å²) in [5.41, 5.74) is 2.85. The van der Waals surface area contributed by atoms with Crippen LogP contribution >= 0.6 is 0 Å². The summed E-state index contributed by atoms with van der Waals surface area (Å²) in [4.78, 5) is 0. The lowest BCUT2D eigenvalue weighted by molar-refractivity contribution is 0.480. The Morgan fingerprint density at radius 1 is 0.857 bits per heavy atom. The van der Waals surface area contributed by atoms with E-state index in [-0.39, 0.29) is 5.56 Å². The molecule has 0 aliphatic heterocycles. The van der Waals surface area contributed by atoms with Crippen molar-refractivity contribution in [3.05, 3.63) is 69.8 Å². The average molecular weight is 298 g/mol. The van der Waals surface area contributed by atoms with Crippen LogP contribution in [-0.2, 0) is 0 Å². The summed E-state index contributed by atoms with van der Waals surface area (Å²) >= 11 is 0. The van der Waals surface area contributed by atoms with Gasteiger partial charge in [0.05, 0.1) is 6.04 Å². The fraction of sp³-hybridized carbons (Fsp3) is 0.200. The van der Waals surface area contributed by atoms with Crippen LogP contribution in [0.5, 0.6) is 0 Å². The van der Waals surface area contributed by atoms with Crippen LogP contribution in [0.3, 0.4) is 0 Å². The minimum absolute atomic E-state index is 0.0208. The standard InChI is InChI=1S/C15H14F4N2/c1-7-3-8(2)13(10(17)4-7)15(21-20)14-11(18)5-9(16)6-12(14)19/h3-6,15,21H,20H2,1-2H3. The van der Waals surface area contributed by atoms with Gasteiger partial charge in [-0.3, -0.25) is 5.84 Å². The van der Waals surface area contributed by atoms with Crippen molar-refractivity contribution in [3.8, 4) is 0 Å². The molecule has 2 rings (SSSR count). The first-order valence-corrected chi connectivity index (χ1v) is 6.22. The summed E-state index contributed by atoms with van der Waals surface area (Å²) in [6.07, 6.45) is 0. The fourth-order valence-electron chi connectivity index (χ4n) is 2.43. The monoisotopic (exact) mass is 298 g/mol. The van der Waals surface area contributed by atoms with Crippen LogP contribution in [-0.4, -0.2) is 0 Å². The van der Waals surface area contributed by atoms with Crippen molar-refractivity contribution >= 4 is 0 Å². The number of hydrazine groups is 1. The Hall–Kier alpha value is -1.92. The van der Waals surface area contributed by atoms with Gasteiger partial charge in [0.15, 0.2) is 0 Å². The molecule has 2 aromatic rings. The van der Waals surface area contributed by atoms with Gasteiger partial charge in [-0.1, -0.05) is 6.07 Å². The van der Waals surface area contributed by atoms with Crippen LogP contribution in [0.4, 0.5) is 17.6 Å². The Morgan fingerprint density at radius 2 is 1.38 bits per heavy atom. The molecule has 0 saturated carbocycles. The van der Waals surface area contributed by atoms with Gasteiger partial charge in [0.25, 0.3) is 0 Å². The topological polar surface area (TPSA) is 38.0 Å². The van der Waals surface area contributed by atoms with E-state index in [1.165, 1.54) is 6.07 Å². The molecule has 2 nitrogen and oxygen atoms in total. The fourth-order valence-corrected chi connectivity index (χ4v) is 2.43. The number of benzene rings is 2. The molecule has 6 heteroatoms. The molecule has 21 heavy (non-hydrogen) atoms. The summed E-state index contributed by atoms with van der Waals surface area (Å²) in [6, 6.07) is 2.72. The highest BCUT2D eigenvalue weighted by Crippen LogP contribution is 2.31. The van der Waals surface area contributed by atoms with Crippen molar-refractivity contribution in [2.45, 2.75) is 19.9 Å². The Balaban J connectivity index is 2.66. The van der Waals surface area contributed by atoms with Crippen LogP contribution < -0.4 is 11.3 Å². The Morgan fingerprint density at radius 3 is 1.86 bits per heavy atom. The van der Waals surface area contributed by atoms with Crippen LogP contribution in [0.1, 0.15) is 28.3 Å². The first-order valence-electron chi connectivity index (χ1n) is 6.22. The van der Waals surface area contributed by atoms with E-state index in [0.29, 0.717) is 23.3 Å². The van der Waals surface area contributed by atoms with E-state index in [0.717, 1.165) is 0 Å². The zero-order chi connectivity index (χ0) is 15.7. The summed E-state index contributed by atoms with van der Waals surface area (Å²) < 4.78 is 54.9. The van der Waals surface area contributed by atoms with Gasteiger partial charge in [-0.15, -0.1) is 0 Å². The molecule has 0 fully saturated rings. The highest BCUT2D eigenvalue weighted by Gasteiger charge is 2.26. The van der Waals surface area contributed by atoms with Gasteiger partial charge < -0.3 is 0 Å². The minimum atomic E-state index is -1.26. The molecule has 3 N–H and O–H groups in total. The molecule has 0 aromatic heterocycles. The third-order valence-electron chi connectivity index (χ3n) is 3.27. The highest BCUT2D eigenvalue weighted by molar-refractivity contribution is 5.41. The Labute approximate surface area is 119 Å². The number of nitrogens with one attached hydrogen (secondary N) is 1. The lowest BCUT2D eigenvalue weighted by Gasteiger charge is -2.21. The number of hydrogen-bond acceptors (Lipinski definition) is 2. The minimum Gasteiger partial charge on any atom is -0.271 e. The molecule has 1 unspecified atom stereocenters. The van der Waals surface area contributed by atoms with E-state index in [2.05, 4.69) is 5.43 Å². The molecule has 0 bridgehead atoms. The van der Waals surface area contributed by atoms with Gasteiger partial charge in [0, 0.05) is 23.3 Å². The van der Waals surface area contributed by atoms with Gasteiger partial charge in [-0.2, -0.15) is 0 Å². The van der Waals surface area contributed by atoms with Crippen molar-refractivity contribution < 1.29 is 17.6 Å². The van der Waals surface area contributed by atoms with E-state index < -0.39 is 34.9 Å². The van der Waals surface area contributed by atoms with Gasteiger partial charge >= 0.3 is 0 Å². The smallest absolute Gasteiger partial charge is 0.134 e. The van der Waals surface area contributed by atoms with Crippen molar-refractivity contribution in [2.75, 3.05) is 0 Å². The van der Waals surface area contributed by atoms with E-state index >= 15 is 0 Å². The summed E-state index contributed by atoms with van der Waals surface area (Å²) in [7, 11) is 0. The third-order valence-corrected chi connectivity index (χ3v) is 3.27. The van der Waals surface area contributed by atoms with Gasteiger partial charge in [0.1, 0.15) is 23.3 Å². The Bertz CT molecular complexity index is 582. The van der Waals surface area contributed by atoms with E-state index in [4.69, 9.17) is 5.84 Å². The van der Waals surface area contributed by atoms with Crippen molar-refractivity contribution in [1.82, 2.24) is 5.43 Å². The molecule has 0 spiro atoms. The maximum atomic E-state index is 14.2. The number of halogens is 4. The van der Waals surface area contributed by atoms with Gasteiger partial charge in [-0.05, 0) is 31.0 Å². The SMILES string of the molecule is Cc1cc(C)c(C(NN)c2c(F)cc(F)cc2F)c(F)c1. The first kappa shape index (κ1) is 15.5. The molecule has 112 valence electrons. The van der Waals surface area contributed by atoms with Crippen LogP contribution in [0.15, 0.2) is 24.3 Å². The number of nitrogens with two attached hydrogens (primary N) is 1. The summed E-state index contributed by atoms with van der Waals surface area (Å²) in [5.74, 6) is 1.39. The van der Waals surface area contributed by atoms with Gasteiger partial charge in [-0.25, -0.2) is 23.0 Å². The Kier molecular flexibility index (Phi) is 4.29. The second kappa shape index (κ2) is 5.83. The largest absolute Gasteiger partial charge is 0.271 e. The van der Waals surface area contributed by atoms with Crippen LogP contribution in [0.2, 0.25) is 0 Å². The van der Waals surface area contributed by atoms with E-state index in [1.54, 1.807) is 19.9 Å². The normalized spacial score (nSPS) is 12.5. The molecule has 0 amide bonds. The van der Waals surface area contributed by atoms with Crippen molar-refractivity contribution in [3.63, 3.8) is 0 Å². The summed E-state index contributed by atoms with van der Waals surface area (Å²) in [5, 5.41) is 0. The highest BCUT2D eigenvalue weighted by atomic mass is 19.1. The molecule has 0 heterocycles. The molecule has 0 aliphatic rings. The first-order chi connectivity index (χ1) is 9.85. The van der Waals surface area contributed by atoms with Crippen molar-refractivity contribution in [2.24, 2.45) is 5.84 Å². The molecule has 0 aliphatic carbocycles. The molecule has 2 aromatic carbocycles. The predicted molar refractivity (Wildman–Crippen MR) is 71.4 cm³/mol. The quantitative estimate of drug-likeness (QED) is 0.518. The van der Waals surface area contributed by atoms with Crippen LogP contribution in [0.25, 0.3) is 0 Å². The maximum Gasteiger partial charge on any atom is 0.134 e. The van der Waals surface area contributed by atoms with Crippen LogP contribution in [0, 0.1) is 37.1 Å². The van der Waals surface area contributed by atoms with E-state index in [9.17, 15) is 17.6 Å². The van der Waals surface area contributed by atoms with E-state index in [1.807, 2.05) is 0 Å². The third kappa shape index (κ3) is 2.91. The number of aryl methyl sites for hydroxylation is 2. The second-order valence-electron chi connectivity index (χ2n) is 4.86. The number of rotatable bonds is 3. The average Bonchev–Trinajstić information content (AvgIpc) is 2.34. The maximum absolute atomic E-state index is 14.2. The van der Waals surface area contributed by atoms with Gasteiger partial charge in [0.2, 0.25) is 0 Å². The zero-order valence-corrected chi connectivity index (χ0v) is 11.5.